The zero-order chi connectivity index (χ0) is 35.4. The third-order valence-electron chi connectivity index (χ3n) is 9.84. The summed E-state index contributed by atoms with van der Waals surface area (Å²) < 4.78 is 25.2. The molecule has 3 aliphatic heterocycles. The quantitative estimate of drug-likeness (QED) is 0.110. The van der Waals surface area contributed by atoms with Gasteiger partial charge < -0.3 is 39.8 Å². The summed E-state index contributed by atoms with van der Waals surface area (Å²) in [6.07, 6.45) is 0.0427. The van der Waals surface area contributed by atoms with Gasteiger partial charge in [0.25, 0.3) is 0 Å². The van der Waals surface area contributed by atoms with Crippen LogP contribution < -0.4 is 10.6 Å². The monoisotopic (exact) mass is 699 g/mol. The fourth-order valence-corrected chi connectivity index (χ4v) is 7.59. The summed E-state index contributed by atoms with van der Waals surface area (Å²) in [7, 11) is 0. The van der Waals surface area contributed by atoms with Crippen molar-refractivity contribution in [1.82, 2.24) is 15.7 Å². The predicted molar refractivity (Wildman–Crippen MR) is 181 cm³/mol. The lowest BCUT2D eigenvalue weighted by atomic mass is 9.62. The third kappa shape index (κ3) is 6.52. The number of ether oxygens (including phenoxy) is 4. The number of nitrogens with zero attached hydrogens (tertiary/aromatic N) is 1. The van der Waals surface area contributed by atoms with E-state index in [9.17, 15) is 14.4 Å². The Balaban J connectivity index is 1.22. The van der Waals surface area contributed by atoms with Crippen molar-refractivity contribution in [3.05, 3.63) is 113 Å². The Morgan fingerprint density at radius 1 is 0.882 bits per heavy atom. The molecule has 3 heterocycles. The van der Waals surface area contributed by atoms with E-state index in [4.69, 9.17) is 34.0 Å². The van der Waals surface area contributed by atoms with Crippen LogP contribution in [0.1, 0.15) is 35.1 Å². The molecule has 13 nitrogen and oxygen atoms in total. The summed E-state index contributed by atoms with van der Waals surface area (Å²) in [6.45, 7) is 0.195. The first-order valence-electron chi connectivity index (χ1n) is 17.1. The van der Waals surface area contributed by atoms with Crippen molar-refractivity contribution in [2.45, 2.75) is 55.6 Å². The molecule has 7 rings (SSSR count). The van der Waals surface area contributed by atoms with Crippen molar-refractivity contribution in [1.29, 1.82) is 0 Å². The minimum Gasteiger partial charge on any atom is -0.499 e. The molecule has 4 aliphatic rings. The molecule has 6 atom stereocenters. The van der Waals surface area contributed by atoms with Crippen molar-refractivity contribution in [2.24, 2.45) is 5.41 Å². The number of carbonyl (C=O) groups is 3. The molecule has 13 heteroatoms. The predicted octanol–water partition coefficient (Wildman–Crippen LogP) is 1.77. The Bertz CT molecular complexity index is 1680. The number of benzene rings is 3. The van der Waals surface area contributed by atoms with Crippen LogP contribution in [-0.4, -0.2) is 96.4 Å². The molecule has 0 aromatic heterocycles. The highest BCUT2D eigenvalue weighted by Crippen LogP contribution is 2.59. The number of nitrogens with one attached hydrogen (secondary N) is 2. The summed E-state index contributed by atoms with van der Waals surface area (Å²) in [5, 5.41) is 25.0. The number of hydrogen-bond donors (Lipinski definition) is 4. The minimum absolute atomic E-state index is 0.0113. The minimum atomic E-state index is -1.43. The van der Waals surface area contributed by atoms with Crippen LogP contribution in [0.25, 0.3) is 6.08 Å². The number of aliphatic hydroxyl groups excluding tert-OH is 2. The molecule has 51 heavy (non-hydrogen) atoms. The Hall–Kier alpha value is -4.63. The summed E-state index contributed by atoms with van der Waals surface area (Å²) >= 11 is 0. The largest absolute Gasteiger partial charge is 0.499 e. The lowest BCUT2D eigenvalue weighted by Crippen LogP contribution is -2.69. The molecule has 3 aromatic rings. The molecular weight excluding hydrogens is 658 g/mol. The van der Waals surface area contributed by atoms with Crippen LogP contribution in [0.3, 0.4) is 0 Å². The van der Waals surface area contributed by atoms with E-state index < -0.39 is 53.5 Å². The number of hydrogen-bond acceptors (Lipinski definition) is 11. The Morgan fingerprint density at radius 3 is 2.24 bits per heavy atom. The van der Waals surface area contributed by atoms with E-state index in [2.05, 4.69) is 10.6 Å². The van der Waals surface area contributed by atoms with Crippen molar-refractivity contribution < 1.29 is 48.4 Å². The molecule has 4 N–H and O–H groups in total. The van der Waals surface area contributed by atoms with E-state index in [1.165, 1.54) is 11.3 Å². The van der Waals surface area contributed by atoms with Crippen LogP contribution >= 0.6 is 0 Å². The van der Waals surface area contributed by atoms with Crippen LogP contribution in [0.5, 0.6) is 0 Å². The lowest BCUT2D eigenvalue weighted by molar-refractivity contribution is -0.213. The van der Waals surface area contributed by atoms with Gasteiger partial charge >= 0.3 is 5.97 Å². The number of fused-ring (bicyclic) bond motifs is 4. The van der Waals surface area contributed by atoms with Crippen LogP contribution in [0, 0.1) is 5.41 Å². The van der Waals surface area contributed by atoms with Crippen LogP contribution in [0.15, 0.2) is 91.2 Å². The molecule has 2 amide bonds. The normalized spacial score (nSPS) is 27.5. The van der Waals surface area contributed by atoms with Gasteiger partial charge in [0.2, 0.25) is 17.6 Å². The Labute approximate surface area is 295 Å². The van der Waals surface area contributed by atoms with E-state index >= 15 is 0 Å². The SMILES string of the molecule is O=C(CCNC(=O)C12CC3OC(=O)C1N(Cc1ccc(C=COCCO)cc1)OC2C1OC(c2ccccc2)(c2ccccc2)OC31)NCCO. The maximum Gasteiger partial charge on any atom is 0.327 e. The maximum absolute atomic E-state index is 14.5. The molecule has 0 radical (unpaired) electrons. The Morgan fingerprint density at radius 2 is 1.57 bits per heavy atom. The van der Waals surface area contributed by atoms with Gasteiger partial charge in [-0.3, -0.25) is 19.2 Å². The molecule has 1 saturated carbocycles. The van der Waals surface area contributed by atoms with E-state index in [-0.39, 0.29) is 58.2 Å². The topological polar surface area (TPSA) is 165 Å². The third-order valence-corrected chi connectivity index (χ3v) is 9.84. The van der Waals surface area contributed by atoms with Crippen molar-refractivity contribution in [3.8, 4) is 0 Å². The number of rotatable bonds is 14. The highest BCUT2D eigenvalue weighted by molar-refractivity contribution is 5.94. The molecule has 6 unspecified atom stereocenters. The van der Waals surface area contributed by atoms with Gasteiger partial charge in [-0.25, -0.2) is 0 Å². The number of aliphatic hydroxyl groups is 2. The molecule has 3 aromatic carbocycles. The average molecular weight is 700 g/mol. The van der Waals surface area contributed by atoms with Gasteiger partial charge in [0.15, 0.2) is 6.04 Å². The van der Waals surface area contributed by atoms with Crippen molar-refractivity contribution in [2.75, 3.05) is 32.9 Å². The number of hydroxylamine groups is 2. The van der Waals surface area contributed by atoms with Gasteiger partial charge in [0.05, 0.1) is 26.0 Å². The summed E-state index contributed by atoms with van der Waals surface area (Å²) in [5.41, 5.74) is 1.73. The number of esters is 1. The van der Waals surface area contributed by atoms with Gasteiger partial charge in [-0.1, -0.05) is 84.9 Å². The van der Waals surface area contributed by atoms with E-state index in [0.717, 1.165) is 22.3 Å². The lowest BCUT2D eigenvalue weighted by Gasteiger charge is -2.48. The van der Waals surface area contributed by atoms with Crippen molar-refractivity contribution >= 4 is 23.9 Å². The van der Waals surface area contributed by atoms with Gasteiger partial charge in [-0.05, 0) is 17.2 Å². The number of amides is 2. The molecular formula is C38H41N3O10. The number of carbonyl (C=O) groups excluding carboxylic acids is 3. The zero-order valence-corrected chi connectivity index (χ0v) is 27.9. The molecule has 268 valence electrons. The molecule has 4 fully saturated rings. The summed E-state index contributed by atoms with van der Waals surface area (Å²) in [5.74, 6) is -2.75. The van der Waals surface area contributed by atoms with E-state index in [1.807, 2.05) is 84.9 Å². The fraction of sp³-hybridized carbons (Fsp3) is 0.395. The second-order valence-corrected chi connectivity index (χ2v) is 13.0. The van der Waals surface area contributed by atoms with Gasteiger partial charge in [-0.2, -0.15) is 5.06 Å². The smallest absolute Gasteiger partial charge is 0.327 e. The highest BCUT2D eigenvalue weighted by atomic mass is 16.8. The second kappa shape index (κ2) is 14.9. The molecule has 1 aliphatic carbocycles. The first-order chi connectivity index (χ1) is 24.9. The maximum atomic E-state index is 14.5. The molecule has 0 spiro atoms. The summed E-state index contributed by atoms with van der Waals surface area (Å²) in [4.78, 5) is 47.5. The standard InChI is InChI=1S/C38H41N3O10/c42-19-18-39-30(44)15-17-40-36(46)37-23-29-31-32(50-38(49-31,27-7-3-1-4-8-27)28-9-5-2-6-10-28)34(37)51-41(33(37)35(45)48-29)24-26-13-11-25(12-14-26)16-21-47-22-20-43/h1-14,16,21,29,31-34,42-43H,15,17-20,22-24H2,(H,39,44)(H,40,46). The van der Waals surface area contributed by atoms with E-state index in [0.29, 0.717) is 0 Å². The van der Waals surface area contributed by atoms with Crippen LogP contribution in [0.4, 0.5) is 0 Å². The first kappa shape index (κ1) is 34.8. The van der Waals surface area contributed by atoms with Crippen molar-refractivity contribution in [3.63, 3.8) is 0 Å². The molecule has 3 saturated heterocycles. The molecule has 2 bridgehead atoms. The van der Waals surface area contributed by atoms with Gasteiger partial charge in [0.1, 0.15) is 36.4 Å². The fourth-order valence-electron chi connectivity index (χ4n) is 7.59. The average Bonchev–Trinajstić information content (AvgIpc) is 3.74. The zero-order valence-electron chi connectivity index (χ0n) is 27.9. The van der Waals surface area contributed by atoms with Gasteiger partial charge in [-0.15, -0.1) is 0 Å². The first-order valence-corrected chi connectivity index (χ1v) is 17.1. The van der Waals surface area contributed by atoms with E-state index in [1.54, 1.807) is 6.08 Å². The second-order valence-electron chi connectivity index (χ2n) is 13.0. The van der Waals surface area contributed by atoms with Crippen LogP contribution in [-0.2, 0) is 50.5 Å². The van der Waals surface area contributed by atoms with Crippen LogP contribution in [0.2, 0.25) is 0 Å². The summed E-state index contributed by atoms with van der Waals surface area (Å²) in [6, 6.07) is 25.5. The highest BCUT2D eigenvalue weighted by Gasteiger charge is 2.76. The Kier molecular flexibility index (Phi) is 10.2. The van der Waals surface area contributed by atoms with Gasteiger partial charge in [0, 0.05) is 37.1 Å².